The largest absolute Gasteiger partial charge is 0.483 e. The average molecular weight is 435 g/mol. The number of rotatable bonds is 3. The van der Waals surface area contributed by atoms with Gasteiger partial charge >= 0.3 is 0 Å². The van der Waals surface area contributed by atoms with Crippen LogP contribution in [0, 0.1) is 0 Å². The van der Waals surface area contributed by atoms with E-state index >= 15 is 0 Å². The molecule has 2 aliphatic carbocycles. The van der Waals surface area contributed by atoms with Gasteiger partial charge in [0.15, 0.2) is 6.61 Å². The summed E-state index contributed by atoms with van der Waals surface area (Å²) in [6, 6.07) is 7.43. The number of carbonyl (C=O) groups is 1. The molecule has 0 spiro atoms. The molecule has 164 valence electrons. The van der Waals surface area contributed by atoms with E-state index in [-0.39, 0.29) is 36.0 Å². The molecule has 2 bridgehead atoms. The van der Waals surface area contributed by atoms with Crippen molar-refractivity contribution in [2.24, 2.45) is 0 Å². The van der Waals surface area contributed by atoms with E-state index in [0.29, 0.717) is 25.5 Å². The molecule has 1 N–H and O–H groups in total. The first-order valence-electron chi connectivity index (χ1n) is 11.2. The van der Waals surface area contributed by atoms with Crippen LogP contribution in [-0.4, -0.2) is 62.4 Å². The van der Waals surface area contributed by atoms with Crippen molar-refractivity contribution < 1.29 is 22.7 Å². The number of nitrogens with zero attached hydrogens (tertiary/aromatic N) is 1. The third-order valence-corrected chi connectivity index (χ3v) is 9.01. The Labute approximate surface area is 178 Å². The smallest absolute Gasteiger partial charge is 0.260 e. The number of fused-ring (bicyclic) bond motifs is 5. The maximum absolute atomic E-state index is 13.0. The van der Waals surface area contributed by atoms with Gasteiger partial charge in [0.05, 0.1) is 24.0 Å². The zero-order valence-electron chi connectivity index (χ0n) is 17.2. The van der Waals surface area contributed by atoms with Gasteiger partial charge in [-0.1, -0.05) is 18.2 Å². The van der Waals surface area contributed by atoms with E-state index in [4.69, 9.17) is 9.47 Å². The van der Waals surface area contributed by atoms with Gasteiger partial charge in [0.2, 0.25) is 10.0 Å². The molecule has 1 aromatic rings. The summed E-state index contributed by atoms with van der Waals surface area (Å²) in [5.74, 6) is 1.10. The second-order valence-corrected chi connectivity index (χ2v) is 11.0. The van der Waals surface area contributed by atoms with Gasteiger partial charge in [0.25, 0.3) is 5.91 Å². The Bertz CT molecular complexity index is 893. The number of nitrogens with one attached hydrogen (secondary N) is 1. The van der Waals surface area contributed by atoms with Gasteiger partial charge in [-0.25, -0.2) is 13.1 Å². The first kappa shape index (κ1) is 20.3. The molecule has 30 heavy (non-hydrogen) atoms. The van der Waals surface area contributed by atoms with Gasteiger partial charge in [-0.2, -0.15) is 0 Å². The van der Waals surface area contributed by atoms with Crippen LogP contribution in [0.15, 0.2) is 24.3 Å². The molecule has 1 aromatic carbocycles. The molecule has 2 saturated carbocycles. The Kier molecular flexibility index (Phi) is 5.49. The van der Waals surface area contributed by atoms with Crippen LogP contribution < -0.4 is 9.46 Å². The number of benzene rings is 1. The molecule has 3 aliphatic heterocycles. The van der Waals surface area contributed by atoms with E-state index in [1.165, 1.54) is 5.56 Å². The fraction of sp³-hybridized carbons (Fsp3) is 0.682. The van der Waals surface area contributed by atoms with Crippen LogP contribution in [-0.2, 0) is 19.6 Å². The number of ether oxygens (including phenoxy) is 2. The summed E-state index contributed by atoms with van der Waals surface area (Å²) in [4.78, 5) is 14.8. The molecule has 1 saturated heterocycles. The first-order valence-corrected chi connectivity index (χ1v) is 12.7. The number of carbonyl (C=O) groups excluding carboxylic acids is 1. The van der Waals surface area contributed by atoms with Crippen molar-refractivity contribution in [3.8, 4) is 5.75 Å². The Morgan fingerprint density at radius 2 is 1.77 bits per heavy atom. The predicted octanol–water partition coefficient (Wildman–Crippen LogP) is 2.17. The van der Waals surface area contributed by atoms with Crippen LogP contribution >= 0.6 is 0 Å². The minimum absolute atomic E-state index is 0.0360. The van der Waals surface area contributed by atoms with Gasteiger partial charge in [0.1, 0.15) is 5.75 Å². The normalized spacial score (nSPS) is 32.4. The number of para-hydroxylation sites is 1. The molecule has 3 fully saturated rings. The van der Waals surface area contributed by atoms with Gasteiger partial charge < -0.3 is 14.4 Å². The molecule has 5 aliphatic rings. The predicted molar refractivity (Wildman–Crippen MR) is 112 cm³/mol. The van der Waals surface area contributed by atoms with Crippen molar-refractivity contribution in [2.75, 3.05) is 19.8 Å². The summed E-state index contributed by atoms with van der Waals surface area (Å²) in [6.07, 6.45) is 6.22. The van der Waals surface area contributed by atoms with E-state index < -0.39 is 10.0 Å². The van der Waals surface area contributed by atoms with E-state index in [0.717, 1.165) is 44.3 Å². The molecule has 3 heterocycles. The molecule has 6 rings (SSSR count). The lowest BCUT2D eigenvalue weighted by Gasteiger charge is -2.32. The molecule has 2 unspecified atom stereocenters. The number of hydrogen-bond acceptors (Lipinski definition) is 5. The highest BCUT2D eigenvalue weighted by Gasteiger charge is 2.43. The minimum Gasteiger partial charge on any atom is -0.483 e. The van der Waals surface area contributed by atoms with E-state index in [2.05, 4.69) is 10.8 Å². The SMILES string of the molecule is O=C1COc2ccccc2C2CCC(CC2)OCC2C(NS(=O)(=O)C3CC3)CCN12. The molecule has 1 amide bonds. The highest BCUT2D eigenvalue weighted by Crippen LogP contribution is 2.39. The second kappa shape index (κ2) is 8.13. The van der Waals surface area contributed by atoms with Crippen molar-refractivity contribution in [3.05, 3.63) is 29.8 Å². The lowest BCUT2D eigenvalue weighted by Crippen LogP contribution is -2.51. The minimum atomic E-state index is -3.32. The van der Waals surface area contributed by atoms with E-state index in [1.807, 2.05) is 18.2 Å². The Morgan fingerprint density at radius 3 is 2.53 bits per heavy atom. The molecule has 7 nitrogen and oxygen atoms in total. The Hall–Kier alpha value is -1.64. The second-order valence-electron chi connectivity index (χ2n) is 9.05. The Balaban J connectivity index is 1.38. The fourth-order valence-electron chi connectivity index (χ4n) is 5.14. The quantitative estimate of drug-likeness (QED) is 0.788. The van der Waals surface area contributed by atoms with Gasteiger partial charge in [0, 0.05) is 12.6 Å². The van der Waals surface area contributed by atoms with Crippen LogP contribution in [0.5, 0.6) is 5.75 Å². The monoisotopic (exact) mass is 434 g/mol. The van der Waals surface area contributed by atoms with E-state index in [1.54, 1.807) is 4.90 Å². The van der Waals surface area contributed by atoms with Crippen LogP contribution in [0.25, 0.3) is 0 Å². The van der Waals surface area contributed by atoms with Gasteiger partial charge in [-0.05, 0) is 62.5 Å². The highest BCUT2D eigenvalue weighted by molar-refractivity contribution is 7.90. The molecular weight excluding hydrogens is 404 g/mol. The number of amides is 1. The van der Waals surface area contributed by atoms with Crippen molar-refractivity contribution in [3.63, 3.8) is 0 Å². The zero-order chi connectivity index (χ0) is 20.7. The summed E-state index contributed by atoms with van der Waals surface area (Å²) in [6.45, 7) is 0.848. The highest BCUT2D eigenvalue weighted by atomic mass is 32.2. The Morgan fingerprint density at radius 1 is 1.00 bits per heavy atom. The lowest BCUT2D eigenvalue weighted by molar-refractivity contribution is -0.136. The molecule has 8 heteroatoms. The summed E-state index contributed by atoms with van der Waals surface area (Å²) < 4.78 is 40.1. The third kappa shape index (κ3) is 4.09. The summed E-state index contributed by atoms with van der Waals surface area (Å²) >= 11 is 0. The van der Waals surface area contributed by atoms with Crippen molar-refractivity contribution in [1.82, 2.24) is 9.62 Å². The first-order chi connectivity index (χ1) is 14.5. The fourth-order valence-corrected chi connectivity index (χ4v) is 6.79. The van der Waals surface area contributed by atoms with Crippen LogP contribution in [0.2, 0.25) is 0 Å². The summed E-state index contributed by atoms with van der Waals surface area (Å²) in [5.41, 5.74) is 1.18. The lowest BCUT2D eigenvalue weighted by atomic mass is 9.82. The average Bonchev–Trinajstić information content (AvgIpc) is 3.54. The van der Waals surface area contributed by atoms with E-state index in [9.17, 15) is 13.2 Å². The maximum Gasteiger partial charge on any atom is 0.260 e. The van der Waals surface area contributed by atoms with Gasteiger partial charge in [-0.3, -0.25) is 4.79 Å². The zero-order valence-corrected chi connectivity index (χ0v) is 18.0. The van der Waals surface area contributed by atoms with Gasteiger partial charge in [-0.15, -0.1) is 0 Å². The standard InChI is InChI=1S/C22H30N2O5S/c25-22-14-29-21-4-2-1-3-18(21)15-5-7-16(8-6-15)28-13-20-19(11-12-24(20)22)23-30(26,27)17-9-10-17/h1-4,15-17,19-20,23H,5-14H2. The van der Waals surface area contributed by atoms with Crippen molar-refractivity contribution >= 4 is 15.9 Å². The molecule has 0 radical (unpaired) electrons. The van der Waals surface area contributed by atoms with Crippen LogP contribution in [0.4, 0.5) is 0 Å². The number of hydrogen-bond donors (Lipinski definition) is 1. The topological polar surface area (TPSA) is 84.9 Å². The molecular formula is C22H30N2O5S. The molecule has 0 aromatic heterocycles. The van der Waals surface area contributed by atoms with Crippen LogP contribution in [0.1, 0.15) is 56.4 Å². The van der Waals surface area contributed by atoms with Crippen molar-refractivity contribution in [1.29, 1.82) is 0 Å². The maximum atomic E-state index is 13.0. The third-order valence-electron chi connectivity index (χ3n) is 7.03. The van der Waals surface area contributed by atoms with Crippen molar-refractivity contribution in [2.45, 2.75) is 74.3 Å². The van der Waals surface area contributed by atoms with Crippen LogP contribution in [0.3, 0.4) is 0 Å². The number of sulfonamides is 1. The summed E-state index contributed by atoms with van der Waals surface area (Å²) in [7, 11) is -3.32. The summed E-state index contributed by atoms with van der Waals surface area (Å²) in [5, 5.41) is -0.270. The molecule has 2 atom stereocenters.